The van der Waals surface area contributed by atoms with Crippen LogP contribution in [0.1, 0.15) is 46.3 Å². The number of nitrogens with one attached hydrogen (secondary N) is 1. The fraction of sp³-hybridized carbons (Fsp3) is 0.211. The van der Waals surface area contributed by atoms with Crippen LogP contribution in [-0.2, 0) is 10.0 Å². The molecule has 3 rings (SSSR count). The molecule has 0 aliphatic heterocycles. The van der Waals surface area contributed by atoms with Crippen molar-refractivity contribution < 1.29 is 17.6 Å². The number of amides is 1. The van der Waals surface area contributed by atoms with E-state index in [1.807, 2.05) is 25.1 Å². The number of hydrogen-bond donors (Lipinski definition) is 2. The molecule has 0 saturated heterocycles. The lowest BCUT2D eigenvalue weighted by atomic mass is 9.90. The van der Waals surface area contributed by atoms with Crippen LogP contribution in [0, 0.1) is 6.92 Å². The summed E-state index contributed by atoms with van der Waals surface area (Å²) in [5.74, 6) is -2.36. The molecule has 1 aromatic heterocycles. The van der Waals surface area contributed by atoms with Crippen molar-refractivity contribution in [1.82, 2.24) is 14.0 Å². The van der Waals surface area contributed by atoms with Crippen LogP contribution in [0.4, 0.5) is 0 Å². The number of carbonyl (C=O) groups excluding carboxylic acids is 1. The predicted molar refractivity (Wildman–Crippen MR) is 109 cm³/mol. The van der Waals surface area contributed by atoms with Gasteiger partial charge in [0, 0.05) is 11.5 Å². The van der Waals surface area contributed by atoms with E-state index < -0.39 is 33.6 Å². The second-order valence-electron chi connectivity index (χ2n) is 6.68. The van der Waals surface area contributed by atoms with E-state index in [1.54, 1.807) is 13.0 Å². The zero-order chi connectivity index (χ0) is 22.1. The first-order chi connectivity index (χ1) is 14.1. The van der Waals surface area contributed by atoms with E-state index in [1.165, 1.54) is 18.2 Å². The predicted octanol–water partition coefficient (Wildman–Crippen LogP) is 2.46. The van der Waals surface area contributed by atoms with Gasteiger partial charge in [-0.2, -0.15) is 0 Å². The molecular formula is C19H19ClN4O5S. The number of aryl methyl sites for hydroxylation is 1. The number of benzene rings is 2. The number of rotatable bonds is 7. The lowest BCUT2D eigenvalue weighted by Crippen LogP contribution is -2.31. The first-order valence-corrected chi connectivity index (χ1v) is 10.6. The maximum atomic E-state index is 13.2. The zero-order valence-electron chi connectivity index (χ0n) is 16.1. The summed E-state index contributed by atoms with van der Waals surface area (Å²) in [6.07, 6.45) is 0. The number of halogens is 1. The number of hydrogen-bond acceptors (Lipinski definition) is 6. The summed E-state index contributed by atoms with van der Waals surface area (Å²) in [5, 5.41) is 5.92. The Hall–Kier alpha value is -2.95. The fourth-order valence-corrected chi connectivity index (χ4v) is 4.96. The van der Waals surface area contributed by atoms with Crippen molar-refractivity contribution in [3.63, 3.8) is 0 Å². The Morgan fingerprint density at radius 1 is 1.23 bits per heavy atom. The third kappa shape index (κ3) is 4.16. The number of primary amides is 1. The molecule has 3 aromatic rings. The Balaban J connectivity index is 2.11. The second-order valence-corrected chi connectivity index (χ2v) is 9.06. The van der Waals surface area contributed by atoms with Gasteiger partial charge < -0.3 is 10.2 Å². The highest BCUT2D eigenvalue weighted by Crippen LogP contribution is 2.40. The van der Waals surface area contributed by atoms with Crippen molar-refractivity contribution in [3.05, 3.63) is 81.7 Å². The average molecular weight is 451 g/mol. The minimum absolute atomic E-state index is 0.0101. The number of aromatic nitrogens is 2. The molecule has 2 atom stereocenters. The molecule has 0 aliphatic rings. The SMILES string of the molecule is Cc1ccccc1[C@@H](C)[C@@H](c1n[nH]c(=O)o1)N(Cl)S(=O)(=O)c1cccc(C(N)=O)c1. The molecule has 0 radical (unpaired) electrons. The van der Waals surface area contributed by atoms with E-state index in [4.69, 9.17) is 21.9 Å². The van der Waals surface area contributed by atoms with E-state index >= 15 is 0 Å². The third-order valence-corrected chi connectivity index (χ3v) is 7.02. The van der Waals surface area contributed by atoms with Gasteiger partial charge in [0.15, 0.2) is 0 Å². The summed E-state index contributed by atoms with van der Waals surface area (Å²) in [7, 11) is -4.32. The Morgan fingerprint density at radius 3 is 2.53 bits per heavy atom. The number of sulfonamides is 1. The highest BCUT2D eigenvalue weighted by Gasteiger charge is 2.39. The van der Waals surface area contributed by atoms with Gasteiger partial charge in [-0.1, -0.05) is 41.1 Å². The van der Waals surface area contributed by atoms with Gasteiger partial charge in [-0.15, -0.1) is 5.10 Å². The molecule has 0 saturated carbocycles. The van der Waals surface area contributed by atoms with Crippen LogP contribution in [0.25, 0.3) is 0 Å². The van der Waals surface area contributed by atoms with Crippen LogP contribution < -0.4 is 11.5 Å². The number of carbonyl (C=O) groups is 1. The van der Waals surface area contributed by atoms with Gasteiger partial charge in [0.05, 0.1) is 4.90 Å². The van der Waals surface area contributed by atoms with Gasteiger partial charge in [-0.25, -0.2) is 18.3 Å². The van der Waals surface area contributed by atoms with E-state index in [9.17, 15) is 18.0 Å². The molecule has 3 N–H and O–H groups in total. The topological polar surface area (TPSA) is 139 Å². The summed E-state index contributed by atoms with van der Waals surface area (Å²) < 4.78 is 32.1. The smallest absolute Gasteiger partial charge is 0.391 e. The average Bonchev–Trinajstić information content (AvgIpc) is 3.14. The van der Waals surface area contributed by atoms with E-state index in [2.05, 4.69) is 10.2 Å². The summed E-state index contributed by atoms with van der Waals surface area (Å²) in [6.45, 7) is 3.61. The van der Waals surface area contributed by atoms with Crippen LogP contribution in [0.2, 0.25) is 0 Å². The summed E-state index contributed by atoms with van der Waals surface area (Å²) in [6, 6.07) is 11.4. The Morgan fingerprint density at radius 2 is 1.93 bits per heavy atom. The van der Waals surface area contributed by atoms with Crippen LogP contribution in [0.3, 0.4) is 0 Å². The Kier molecular flexibility index (Phi) is 6.11. The highest BCUT2D eigenvalue weighted by molar-refractivity contribution is 7.90. The maximum Gasteiger partial charge on any atom is 0.434 e. The minimum Gasteiger partial charge on any atom is -0.391 e. The molecule has 0 unspecified atom stereocenters. The van der Waals surface area contributed by atoms with Crippen molar-refractivity contribution in [3.8, 4) is 0 Å². The van der Waals surface area contributed by atoms with Gasteiger partial charge in [0.25, 0.3) is 10.0 Å². The first kappa shape index (κ1) is 21.8. The van der Waals surface area contributed by atoms with Crippen molar-refractivity contribution in [2.45, 2.75) is 30.7 Å². The van der Waals surface area contributed by atoms with Gasteiger partial charge >= 0.3 is 5.76 Å². The number of H-pyrrole nitrogens is 1. The molecule has 30 heavy (non-hydrogen) atoms. The van der Waals surface area contributed by atoms with Crippen molar-refractivity contribution in [1.29, 1.82) is 0 Å². The molecule has 0 bridgehead atoms. The first-order valence-electron chi connectivity index (χ1n) is 8.84. The van der Waals surface area contributed by atoms with Crippen molar-refractivity contribution >= 4 is 27.7 Å². The maximum absolute atomic E-state index is 13.2. The molecule has 1 heterocycles. The molecule has 0 spiro atoms. The number of nitrogens with two attached hydrogens (primary N) is 1. The molecular weight excluding hydrogens is 432 g/mol. The zero-order valence-corrected chi connectivity index (χ0v) is 17.6. The minimum atomic E-state index is -4.32. The van der Waals surface area contributed by atoms with Crippen LogP contribution in [-0.4, -0.2) is 28.3 Å². The lowest BCUT2D eigenvalue weighted by molar-refractivity contribution is 0.1000. The van der Waals surface area contributed by atoms with Crippen LogP contribution in [0.15, 0.2) is 62.6 Å². The molecule has 1 amide bonds. The van der Waals surface area contributed by atoms with Gasteiger partial charge in [0.2, 0.25) is 11.8 Å². The monoisotopic (exact) mass is 450 g/mol. The number of nitrogens with zero attached hydrogens (tertiary/aromatic N) is 2. The largest absolute Gasteiger partial charge is 0.434 e. The van der Waals surface area contributed by atoms with Gasteiger partial charge in [-0.3, -0.25) is 4.79 Å². The molecule has 0 fully saturated rings. The quantitative estimate of drug-likeness (QED) is 0.530. The molecule has 9 nitrogen and oxygen atoms in total. The summed E-state index contributed by atoms with van der Waals surface area (Å²) >= 11 is 6.36. The van der Waals surface area contributed by atoms with E-state index in [0.29, 0.717) is 3.82 Å². The van der Waals surface area contributed by atoms with E-state index in [-0.39, 0.29) is 16.3 Å². The lowest BCUT2D eigenvalue weighted by Gasteiger charge is -2.28. The van der Waals surface area contributed by atoms with Crippen LogP contribution >= 0.6 is 11.8 Å². The Bertz CT molecular complexity index is 1240. The van der Waals surface area contributed by atoms with Gasteiger partial charge in [-0.05, 0) is 48.0 Å². The molecule has 158 valence electrons. The fourth-order valence-electron chi connectivity index (χ4n) is 3.17. The summed E-state index contributed by atoms with van der Waals surface area (Å²) in [5.41, 5.74) is 6.95. The van der Waals surface area contributed by atoms with E-state index in [0.717, 1.165) is 17.2 Å². The highest BCUT2D eigenvalue weighted by atomic mass is 35.5. The number of aromatic amines is 1. The summed E-state index contributed by atoms with van der Waals surface area (Å²) in [4.78, 5) is 22.7. The van der Waals surface area contributed by atoms with Gasteiger partial charge in [0.1, 0.15) is 6.04 Å². The standard InChI is InChI=1S/C19H19ClN4O5S/c1-11-6-3-4-9-15(11)12(2)16(18-22-23-19(26)29-18)24(20)30(27,28)14-8-5-7-13(10-14)17(21)25/h3-10,12,16H,1-2H3,(H2,21,25)(H,23,26)/t12-,16+/m1/s1. The molecule has 2 aromatic carbocycles. The normalized spacial score (nSPS) is 13.9. The van der Waals surface area contributed by atoms with Crippen molar-refractivity contribution in [2.75, 3.05) is 0 Å². The molecule has 11 heteroatoms. The third-order valence-electron chi connectivity index (χ3n) is 4.73. The molecule has 0 aliphatic carbocycles. The van der Waals surface area contributed by atoms with Crippen LogP contribution in [0.5, 0.6) is 0 Å². The van der Waals surface area contributed by atoms with Crippen molar-refractivity contribution in [2.24, 2.45) is 5.73 Å². The Labute approximate surface area is 177 Å². The second kappa shape index (κ2) is 8.42.